The topological polar surface area (TPSA) is 81.7 Å². The lowest BCUT2D eigenvalue weighted by Gasteiger charge is -2.20. The summed E-state index contributed by atoms with van der Waals surface area (Å²) in [5, 5.41) is 4.64. The molecule has 8 heteroatoms. The van der Waals surface area contributed by atoms with Crippen LogP contribution in [0.25, 0.3) is 11.2 Å². The molecule has 1 aromatic carbocycles. The summed E-state index contributed by atoms with van der Waals surface area (Å²) in [5.41, 5.74) is 8.90. The van der Waals surface area contributed by atoms with Crippen LogP contribution in [0, 0.1) is 12.3 Å². The molecule has 0 amide bonds. The maximum absolute atomic E-state index is 6.08. The maximum atomic E-state index is 6.08. The molecule has 6 nitrogen and oxygen atoms in total. The summed E-state index contributed by atoms with van der Waals surface area (Å²) in [6.45, 7) is 6.07. The quantitative estimate of drug-likeness (QED) is 0.426. The number of nitrogens with one attached hydrogen (secondary N) is 1. The van der Waals surface area contributed by atoms with E-state index in [0.717, 1.165) is 48.1 Å². The van der Waals surface area contributed by atoms with E-state index in [4.69, 9.17) is 17.1 Å². The predicted octanol–water partition coefficient (Wildman–Crippen LogP) is 3.99. The zero-order chi connectivity index (χ0) is 21.1. The van der Waals surface area contributed by atoms with Gasteiger partial charge in [-0.25, -0.2) is 15.0 Å². The molecule has 1 aliphatic heterocycles. The van der Waals surface area contributed by atoms with E-state index in [0.29, 0.717) is 17.4 Å². The van der Waals surface area contributed by atoms with Crippen molar-refractivity contribution in [2.24, 2.45) is 0 Å². The molecule has 0 radical (unpaired) electrons. The van der Waals surface area contributed by atoms with Crippen molar-refractivity contribution >= 4 is 40.5 Å². The molecule has 0 saturated carbocycles. The SMILES string of the molecule is C#CC1CCc2cc(Sc3nc4c(N)ncnc4n3CCCNC(C)C)ccc2S1. The van der Waals surface area contributed by atoms with E-state index >= 15 is 0 Å². The third-order valence-electron chi connectivity index (χ3n) is 5.01. The Hall–Kier alpha value is -2.21. The molecular formula is C22H26N6S2. The van der Waals surface area contributed by atoms with E-state index in [1.807, 2.05) is 0 Å². The van der Waals surface area contributed by atoms with Crippen molar-refractivity contribution in [1.29, 1.82) is 0 Å². The van der Waals surface area contributed by atoms with Gasteiger partial charge >= 0.3 is 0 Å². The number of aryl methyl sites for hydroxylation is 2. The van der Waals surface area contributed by atoms with E-state index in [9.17, 15) is 0 Å². The number of nitrogens with zero attached hydrogens (tertiary/aromatic N) is 4. The predicted molar refractivity (Wildman–Crippen MR) is 125 cm³/mol. The highest BCUT2D eigenvalue weighted by atomic mass is 32.2. The highest BCUT2D eigenvalue weighted by Crippen LogP contribution is 2.38. The lowest BCUT2D eigenvalue weighted by molar-refractivity contribution is 0.525. The van der Waals surface area contributed by atoms with Crippen molar-refractivity contribution in [3.63, 3.8) is 0 Å². The number of aromatic nitrogens is 4. The Morgan fingerprint density at radius 2 is 2.27 bits per heavy atom. The zero-order valence-electron chi connectivity index (χ0n) is 17.3. The molecule has 2 aromatic heterocycles. The first-order valence-corrected chi connectivity index (χ1v) is 11.9. The normalized spacial score (nSPS) is 16.0. The van der Waals surface area contributed by atoms with Crippen molar-refractivity contribution in [3.05, 3.63) is 30.1 Å². The van der Waals surface area contributed by atoms with Crippen LogP contribution in [0.4, 0.5) is 5.82 Å². The van der Waals surface area contributed by atoms with Gasteiger partial charge in [-0.15, -0.1) is 18.2 Å². The molecule has 1 atom stereocenters. The molecule has 0 aliphatic carbocycles. The van der Waals surface area contributed by atoms with Gasteiger partial charge in [-0.1, -0.05) is 31.5 Å². The Kier molecular flexibility index (Phi) is 6.52. The van der Waals surface area contributed by atoms with Gasteiger partial charge in [0, 0.05) is 22.4 Å². The molecule has 0 fully saturated rings. The summed E-state index contributed by atoms with van der Waals surface area (Å²) < 4.78 is 2.16. The number of hydrogen-bond donors (Lipinski definition) is 2. The minimum absolute atomic E-state index is 0.279. The van der Waals surface area contributed by atoms with Crippen LogP contribution in [-0.2, 0) is 13.0 Å². The van der Waals surface area contributed by atoms with Crippen LogP contribution in [-0.4, -0.2) is 37.4 Å². The highest BCUT2D eigenvalue weighted by molar-refractivity contribution is 8.00. The molecule has 3 N–H and O–H groups in total. The molecule has 3 aromatic rings. The lowest BCUT2D eigenvalue weighted by atomic mass is 10.1. The molecule has 0 spiro atoms. The molecule has 0 bridgehead atoms. The number of nitrogen functional groups attached to an aromatic ring is 1. The Morgan fingerprint density at radius 1 is 1.40 bits per heavy atom. The van der Waals surface area contributed by atoms with Crippen LogP contribution < -0.4 is 11.1 Å². The van der Waals surface area contributed by atoms with Gasteiger partial charge in [-0.3, -0.25) is 0 Å². The second-order valence-electron chi connectivity index (χ2n) is 7.62. The summed E-state index contributed by atoms with van der Waals surface area (Å²) >= 11 is 3.44. The monoisotopic (exact) mass is 438 g/mol. The Balaban J connectivity index is 1.60. The largest absolute Gasteiger partial charge is 0.382 e. The highest BCUT2D eigenvalue weighted by Gasteiger charge is 2.20. The molecule has 4 rings (SSSR count). The number of imidazole rings is 1. The standard InChI is InChI=1S/C22H26N6S2/c1-4-16-7-6-15-12-17(8-9-18(15)29-16)30-22-27-19-20(23)25-13-26-21(19)28(22)11-5-10-24-14(2)3/h1,8-9,12-14,16,24H,5-7,10-11H2,2-3H3,(H2,23,25,26). The van der Waals surface area contributed by atoms with Gasteiger partial charge in [-0.2, -0.15) is 0 Å². The molecular weight excluding hydrogens is 412 g/mol. The van der Waals surface area contributed by atoms with E-state index in [2.05, 4.69) is 57.8 Å². The van der Waals surface area contributed by atoms with Crippen molar-refractivity contribution in [1.82, 2.24) is 24.8 Å². The number of rotatable bonds is 7. The smallest absolute Gasteiger partial charge is 0.175 e. The van der Waals surface area contributed by atoms with Crippen LogP contribution in [0.15, 0.2) is 39.5 Å². The Morgan fingerprint density at radius 3 is 3.07 bits per heavy atom. The molecule has 1 aliphatic rings. The average molecular weight is 439 g/mol. The second kappa shape index (κ2) is 9.29. The number of anilines is 1. The third-order valence-corrected chi connectivity index (χ3v) is 7.30. The second-order valence-corrected chi connectivity index (χ2v) is 9.91. The van der Waals surface area contributed by atoms with E-state index in [1.165, 1.54) is 16.8 Å². The van der Waals surface area contributed by atoms with Gasteiger partial charge in [0.2, 0.25) is 0 Å². The van der Waals surface area contributed by atoms with Crippen molar-refractivity contribution in [3.8, 4) is 12.3 Å². The third kappa shape index (κ3) is 4.59. The van der Waals surface area contributed by atoms with Gasteiger partial charge in [-0.05, 0) is 49.6 Å². The van der Waals surface area contributed by atoms with Gasteiger partial charge in [0.1, 0.15) is 6.33 Å². The zero-order valence-corrected chi connectivity index (χ0v) is 18.9. The van der Waals surface area contributed by atoms with Gasteiger partial charge in [0.05, 0.1) is 5.25 Å². The summed E-state index contributed by atoms with van der Waals surface area (Å²) in [7, 11) is 0. The average Bonchev–Trinajstić information content (AvgIpc) is 3.09. The van der Waals surface area contributed by atoms with Crippen molar-refractivity contribution in [2.45, 2.75) is 65.9 Å². The van der Waals surface area contributed by atoms with Crippen LogP contribution in [0.3, 0.4) is 0 Å². The van der Waals surface area contributed by atoms with Gasteiger partial charge in [0.25, 0.3) is 0 Å². The molecule has 1 unspecified atom stereocenters. The lowest BCUT2D eigenvalue weighted by Crippen LogP contribution is -2.24. The van der Waals surface area contributed by atoms with Crippen molar-refractivity contribution in [2.75, 3.05) is 12.3 Å². The fourth-order valence-corrected chi connectivity index (χ4v) is 5.53. The van der Waals surface area contributed by atoms with E-state index in [-0.39, 0.29) is 5.25 Å². The minimum Gasteiger partial charge on any atom is -0.382 e. The number of benzene rings is 1. The number of nitrogens with two attached hydrogens (primary N) is 1. The summed E-state index contributed by atoms with van der Waals surface area (Å²) in [5.74, 6) is 3.29. The Bertz CT molecular complexity index is 1090. The van der Waals surface area contributed by atoms with E-state index < -0.39 is 0 Å². The Labute approximate surface area is 185 Å². The van der Waals surface area contributed by atoms with Gasteiger partial charge < -0.3 is 15.6 Å². The van der Waals surface area contributed by atoms with Crippen LogP contribution in [0.5, 0.6) is 0 Å². The number of fused-ring (bicyclic) bond motifs is 2. The minimum atomic E-state index is 0.279. The van der Waals surface area contributed by atoms with Crippen LogP contribution in [0.1, 0.15) is 32.3 Å². The summed E-state index contributed by atoms with van der Waals surface area (Å²) in [6, 6.07) is 7.06. The fraction of sp³-hybridized carbons (Fsp3) is 0.409. The molecule has 156 valence electrons. The molecule has 3 heterocycles. The number of thioether (sulfide) groups is 1. The maximum Gasteiger partial charge on any atom is 0.175 e. The number of hydrogen-bond acceptors (Lipinski definition) is 7. The fourth-order valence-electron chi connectivity index (χ4n) is 3.49. The first-order valence-electron chi connectivity index (χ1n) is 10.2. The van der Waals surface area contributed by atoms with Crippen LogP contribution >= 0.6 is 23.5 Å². The first kappa shape index (κ1) is 21.0. The summed E-state index contributed by atoms with van der Waals surface area (Å²) in [6.07, 6.45) is 10.1. The van der Waals surface area contributed by atoms with Crippen molar-refractivity contribution < 1.29 is 0 Å². The van der Waals surface area contributed by atoms with E-state index in [1.54, 1.807) is 23.5 Å². The molecule has 30 heavy (non-hydrogen) atoms. The first-order chi connectivity index (χ1) is 14.5. The van der Waals surface area contributed by atoms with Gasteiger partial charge in [0.15, 0.2) is 22.1 Å². The summed E-state index contributed by atoms with van der Waals surface area (Å²) in [4.78, 5) is 15.8. The number of terminal acetylenes is 1. The van der Waals surface area contributed by atoms with Crippen LogP contribution in [0.2, 0.25) is 0 Å². The molecule has 0 saturated heterocycles.